The highest BCUT2D eigenvalue weighted by molar-refractivity contribution is 7.18. The Morgan fingerprint density at radius 1 is 1.50 bits per heavy atom. The molecule has 0 aromatic carbocycles. The number of carboxylic acids is 1. The van der Waals surface area contributed by atoms with Crippen LogP contribution < -0.4 is 4.90 Å². The van der Waals surface area contributed by atoms with Crippen LogP contribution >= 0.6 is 22.9 Å². The van der Waals surface area contributed by atoms with Gasteiger partial charge in [-0.05, 0) is 0 Å². The zero-order valence-corrected chi connectivity index (χ0v) is 11.0. The Labute approximate surface area is 112 Å². The van der Waals surface area contributed by atoms with E-state index in [1.807, 2.05) is 4.90 Å². The number of rotatable bonds is 2. The summed E-state index contributed by atoms with van der Waals surface area (Å²) >= 11 is 6.88. The van der Waals surface area contributed by atoms with Crippen molar-refractivity contribution in [2.75, 3.05) is 31.2 Å². The number of aromatic carboxylic acids is 1. The van der Waals surface area contributed by atoms with E-state index >= 15 is 0 Å². The Kier molecular flexibility index (Phi) is 2.93. The number of aromatic nitrogens is 1. The predicted octanol–water partition coefficient (Wildman–Crippen LogP) is 1.45. The van der Waals surface area contributed by atoms with Crippen molar-refractivity contribution in [1.29, 1.82) is 0 Å². The molecule has 2 fully saturated rings. The number of hydrogen-bond donors (Lipinski definition) is 1. The lowest BCUT2D eigenvalue weighted by atomic mass is 10.2. The average Bonchev–Trinajstić information content (AvgIpc) is 3.01. The lowest BCUT2D eigenvalue weighted by Gasteiger charge is -2.21. The van der Waals surface area contributed by atoms with Crippen LogP contribution in [0.15, 0.2) is 0 Å². The van der Waals surface area contributed by atoms with Crippen LogP contribution in [0.2, 0.25) is 5.15 Å². The fraction of sp³-hybridized carbons (Fsp3) is 0.600. The maximum atomic E-state index is 10.9. The molecule has 2 aliphatic heterocycles. The van der Waals surface area contributed by atoms with Gasteiger partial charge in [-0.15, -0.1) is 0 Å². The summed E-state index contributed by atoms with van der Waals surface area (Å²) in [6, 6.07) is 0. The third kappa shape index (κ3) is 1.97. The van der Waals surface area contributed by atoms with Crippen molar-refractivity contribution in [1.82, 2.24) is 4.98 Å². The molecule has 0 unspecified atom stereocenters. The summed E-state index contributed by atoms with van der Waals surface area (Å²) in [6.07, 6.45) is 0.757. The SMILES string of the molecule is O=C(O)c1sc(N2CCC3(C2)OCCO3)nc1Cl. The van der Waals surface area contributed by atoms with E-state index in [4.69, 9.17) is 26.2 Å². The molecule has 98 valence electrons. The first-order valence-corrected chi connectivity index (χ1v) is 6.72. The topological polar surface area (TPSA) is 71.9 Å². The molecule has 3 heterocycles. The van der Waals surface area contributed by atoms with E-state index in [-0.39, 0.29) is 10.0 Å². The van der Waals surface area contributed by atoms with Crippen molar-refractivity contribution in [2.45, 2.75) is 12.2 Å². The lowest BCUT2D eigenvalue weighted by Crippen LogP contribution is -2.34. The second kappa shape index (κ2) is 4.34. The van der Waals surface area contributed by atoms with Gasteiger partial charge in [-0.1, -0.05) is 22.9 Å². The van der Waals surface area contributed by atoms with Crippen molar-refractivity contribution in [2.24, 2.45) is 0 Å². The summed E-state index contributed by atoms with van der Waals surface area (Å²) in [4.78, 5) is 17.0. The second-order valence-electron chi connectivity index (χ2n) is 4.20. The van der Waals surface area contributed by atoms with Crippen molar-refractivity contribution in [3.63, 3.8) is 0 Å². The number of nitrogens with zero attached hydrogens (tertiary/aromatic N) is 2. The number of ether oxygens (including phenoxy) is 2. The summed E-state index contributed by atoms with van der Waals surface area (Å²) in [5.41, 5.74) is 0. The molecule has 2 saturated heterocycles. The maximum Gasteiger partial charge on any atom is 0.349 e. The van der Waals surface area contributed by atoms with Gasteiger partial charge in [0.05, 0.1) is 19.8 Å². The highest BCUT2D eigenvalue weighted by Crippen LogP contribution is 2.37. The molecule has 0 radical (unpaired) electrons. The van der Waals surface area contributed by atoms with Gasteiger partial charge in [-0.2, -0.15) is 0 Å². The van der Waals surface area contributed by atoms with Gasteiger partial charge in [0.2, 0.25) is 0 Å². The van der Waals surface area contributed by atoms with E-state index in [1.165, 1.54) is 0 Å². The molecule has 0 aliphatic carbocycles. The Hall–Kier alpha value is -0.890. The van der Waals surface area contributed by atoms with Gasteiger partial charge >= 0.3 is 5.97 Å². The van der Waals surface area contributed by atoms with Gasteiger partial charge in [-0.3, -0.25) is 0 Å². The van der Waals surface area contributed by atoms with E-state index < -0.39 is 11.8 Å². The molecular weight excluding hydrogens is 280 g/mol. The van der Waals surface area contributed by atoms with Crippen LogP contribution in [0.3, 0.4) is 0 Å². The first-order valence-electron chi connectivity index (χ1n) is 5.52. The van der Waals surface area contributed by atoms with Gasteiger partial charge < -0.3 is 19.5 Å². The van der Waals surface area contributed by atoms with Gasteiger partial charge in [0.1, 0.15) is 0 Å². The number of carbonyl (C=O) groups is 1. The summed E-state index contributed by atoms with van der Waals surface area (Å²) in [6.45, 7) is 2.50. The molecule has 0 saturated carbocycles. The van der Waals surface area contributed by atoms with E-state index in [2.05, 4.69) is 4.98 Å². The minimum absolute atomic E-state index is 0.0386. The Morgan fingerprint density at radius 2 is 2.22 bits per heavy atom. The first kappa shape index (κ1) is 12.2. The highest BCUT2D eigenvalue weighted by atomic mass is 35.5. The van der Waals surface area contributed by atoms with Crippen LogP contribution in [0.4, 0.5) is 5.13 Å². The summed E-state index contributed by atoms with van der Waals surface area (Å²) < 4.78 is 11.2. The van der Waals surface area contributed by atoms with Crippen LogP contribution in [0.25, 0.3) is 0 Å². The van der Waals surface area contributed by atoms with Crippen LogP contribution in [0, 0.1) is 0 Å². The molecule has 18 heavy (non-hydrogen) atoms. The molecule has 0 atom stereocenters. The number of hydrogen-bond acceptors (Lipinski definition) is 6. The van der Waals surface area contributed by atoms with Crippen LogP contribution in [0.5, 0.6) is 0 Å². The number of halogens is 1. The van der Waals surface area contributed by atoms with Gasteiger partial charge in [0.15, 0.2) is 20.9 Å². The minimum atomic E-state index is -1.05. The van der Waals surface area contributed by atoms with Gasteiger partial charge in [0, 0.05) is 13.0 Å². The Bertz CT molecular complexity index is 486. The third-order valence-electron chi connectivity index (χ3n) is 3.05. The lowest BCUT2D eigenvalue weighted by molar-refractivity contribution is -0.137. The number of anilines is 1. The first-order chi connectivity index (χ1) is 8.60. The third-order valence-corrected chi connectivity index (χ3v) is 4.54. The normalized spacial score (nSPS) is 21.9. The molecule has 8 heteroatoms. The number of carboxylic acid groups (broad SMARTS) is 1. The zero-order valence-electron chi connectivity index (χ0n) is 9.39. The fourth-order valence-electron chi connectivity index (χ4n) is 2.21. The van der Waals surface area contributed by atoms with Gasteiger partial charge in [0.25, 0.3) is 0 Å². The standard InChI is InChI=1S/C10H11ClN2O4S/c11-7-6(8(14)15)18-9(12-7)13-2-1-10(5-13)16-3-4-17-10/h1-5H2,(H,14,15). The molecule has 1 N–H and O–H groups in total. The van der Waals surface area contributed by atoms with Crippen molar-refractivity contribution < 1.29 is 19.4 Å². The molecule has 1 spiro atoms. The largest absolute Gasteiger partial charge is 0.477 e. The smallest absolute Gasteiger partial charge is 0.349 e. The number of thiazole rings is 1. The summed E-state index contributed by atoms with van der Waals surface area (Å²) in [7, 11) is 0. The van der Waals surface area contributed by atoms with Crippen molar-refractivity contribution in [3.05, 3.63) is 10.0 Å². The maximum absolute atomic E-state index is 10.9. The van der Waals surface area contributed by atoms with E-state index in [0.717, 1.165) is 24.3 Å². The molecule has 2 aliphatic rings. The van der Waals surface area contributed by atoms with E-state index in [9.17, 15) is 4.79 Å². The highest BCUT2D eigenvalue weighted by Gasteiger charge is 2.44. The molecule has 0 amide bonds. The molecule has 6 nitrogen and oxygen atoms in total. The average molecular weight is 291 g/mol. The van der Waals surface area contributed by atoms with Gasteiger partial charge in [-0.25, -0.2) is 9.78 Å². The Balaban J connectivity index is 1.80. The molecule has 0 bridgehead atoms. The monoisotopic (exact) mass is 290 g/mol. The van der Waals surface area contributed by atoms with Crippen LogP contribution in [-0.4, -0.2) is 48.2 Å². The molecule has 1 aromatic heterocycles. The van der Waals surface area contributed by atoms with Crippen LogP contribution in [-0.2, 0) is 9.47 Å². The summed E-state index contributed by atoms with van der Waals surface area (Å²) in [5.74, 6) is -1.59. The second-order valence-corrected chi connectivity index (χ2v) is 5.54. The molecular formula is C10H11ClN2O4S. The minimum Gasteiger partial charge on any atom is -0.477 e. The zero-order chi connectivity index (χ0) is 12.8. The van der Waals surface area contributed by atoms with E-state index in [1.54, 1.807) is 0 Å². The molecule has 1 aromatic rings. The van der Waals surface area contributed by atoms with E-state index in [0.29, 0.717) is 24.9 Å². The molecule has 3 rings (SSSR count). The summed E-state index contributed by atoms with van der Waals surface area (Å²) in [5, 5.41) is 9.59. The van der Waals surface area contributed by atoms with Crippen molar-refractivity contribution >= 4 is 34.0 Å². The quantitative estimate of drug-likeness (QED) is 0.889. The Morgan fingerprint density at radius 3 is 2.83 bits per heavy atom. The fourth-order valence-corrected chi connectivity index (χ4v) is 3.36. The van der Waals surface area contributed by atoms with Crippen LogP contribution in [0.1, 0.15) is 16.1 Å². The van der Waals surface area contributed by atoms with Crippen molar-refractivity contribution in [3.8, 4) is 0 Å². The predicted molar refractivity (Wildman–Crippen MR) is 65.5 cm³/mol.